The molecule has 3 fully saturated rings. The van der Waals surface area contributed by atoms with Gasteiger partial charge in [-0.3, -0.25) is 14.4 Å². The van der Waals surface area contributed by atoms with E-state index < -0.39 is 41.5 Å². The lowest BCUT2D eigenvalue weighted by Gasteiger charge is -2.37. The van der Waals surface area contributed by atoms with Crippen molar-refractivity contribution in [1.29, 1.82) is 0 Å². The van der Waals surface area contributed by atoms with E-state index in [4.69, 9.17) is 14.2 Å². The Hall–Kier alpha value is -3.93. The molecule has 3 amide bonds. The summed E-state index contributed by atoms with van der Waals surface area (Å²) in [6.07, 6.45) is 0.0473. The van der Waals surface area contributed by atoms with Crippen molar-refractivity contribution in [3.63, 3.8) is 0 Å². The highest BCUT2D eigenvalue weighted by molar-refractivity contribution is 9.09. The van der Waals surface area contributed by atoms with E-state index in [9.17, 15) is 19.5 Å². The number of hydrogen-bond acceptors (Lipinski definition) is 7. The van der Waals surface area contributed by atoms with Gasteiger partial charge in [-0.1, -0.05) is 46.3 Å². The number of rotatable bonds is 11. The molecule has 3 N–H and O–H groups in total. The Morgan fingerprint density at radius 1 is 1.00 bits per heavy atom. The summed E-state index contributed by atoms with van der Waals surface area (Å²) >= 11 is 3.71. The summed E-state index contributed by atoms with van der Waals surface area (Å²) < 4.78 is 17.4. The average molecular weight is 679 g/mol. The standard InChI is InChI=1S/C34H36BrN3O7/c1-3-44-25-15-11-21(12-16-25)36-31(40)27-28-33(42)38(23(19-39)17-20-7-5-4-6-8-20)30(34(28)18-26(35)29(27)45-34)32(41)37-22-9-13-24(43-2)14-10-22/h4-16,23,26-30,39H,3,17-19H2,1-2H3,(H,36,40)(H,37,41)/t23-,26?,27+,28+,29+,30?,34?/m1/s1. The second-order valence-electron chi connectivity index (χ2n) is 11.6. The smallest absolute Gasteiger partial charge is 0.250 e. The molecule has 1 spiro atoms. The highest BCUT2D eigenvalue weighted by atomic mass is 79.9. The first-order chi connectivity index (χ1) is 21.8. The number of amides is 3. The van der Waals surface area contributed by atoms with Crippen molar-refractivity contribution in [1.82, 2.24) is 4.90 Å². The van der Waals surface area contributed by atoms with Crippen molar-refractivity contribution in [2.75, 3.05) is 31.0 Å². The average Bonchev–Trinajstić information content (AvgIpc) is 3.65. The van der Waals surface area contributed by atoms with Crippen LogP contribution in [0.3, 0.4) is 0 Å². The Morgan fingerprint density at radius 3 is 2.22 bits per heavy atom. The zero-order valence-corrected chi connectivity index (χ0v) is 26.6. The van der Waals surface area contributed by atoms with Gasteiger partial charge in [0.05, 0.1) is 44.3 Å². The molecule has 45 heavy (non-hydrogen) atoms. The number of anilines is 2. The lowest BCUT2D eigenvalue weighted by Crippen LogP contribution is -2.57. The van der Waals surface area contributed by atoms with Crippen LogP contribution in [0.1, 0.15) is 18.9 Å². The number of nitrogens with zero attached hydrogens (tertiary/aromatic N) is 1. The SMILES string of the molecule is CCOc1ccc(NC(=O)[C@H]2[C@H]3C(=O)N([C@@H](CO)Cc4ccccc4)C(C(=O)Nc4ccc(OC)cc4)C34CC(Br)[C@@H]2O4)cc1. The van der Waals surface area contributed by atoms with Crippen LogP contribution in [0.5, 0.6) is 11.5 Å². The van der Waals surface area contributed by atoms with Crippen LogP contribution in [0.2, 0.25) is 0 Å². The molecular weight excluding hydrogens is 642 g/mol. The summed E-state index contributed by atoms with van der Waals surface area (Å²) in [5.74, 6) is -1.67. The van der Waals surface area contributed by atoms with Gasteiger partial charge >= 0.3 is 0 Å². The number of fused-ring (bicyclic) bond motifs is 1. The Labute approximate surface area is 270 Å². The molecule has 2 bridgehead atoms. The first-order valence-corrected chi connectivity index (χ1v) is 16.0. The third kappa shape index (κ3) is 5.69. The van der Waals surface area contributed by atoms with Crippen LogP contribution in [-0.2, 0) is 25.5 Å². The lowest BCUT2D eigenvalue weighted by molar-refractivity contribution is -0.143. The molecule has 0 aromatic heterocycles. The molecular formula is C34H36BrN3O7. The summed E-state index contributed by atoms with van der Waals surface area (Å²) in [5, 5.41) is 16.6. The number of carbonyl (C=O) groups is 3. The van der Waals surface area contributed by atoms with Crippen molar-refractivity contribution in [2.24, 2.45) is 11.8 Å². The fourth-order valence-electron chi connectivity index (χ4n) is 7.11. The minimum atomic E-state index is -1.28. The summed E-state index contributed by atoms with van der Waals surface area (Å²) in [6, 6.07) is 21.6. The largest absolute Gasteiger partial charge is 0.497 e. The monoisotopic (exact) mass is 677 g/mol. The summed E-state index contributed by atoms with van der Waals surface area (Å²) in [6.45, 7) is 2.04. The molecule has 236 valence electrons. The Kier molecular flexibility index (Phi) is 8.85. The number of ether oxygens (including phenoxy) is 3. The normalized spacial score (nSPS) is 27.2. The van der Waals surface area contributed by atoms with Crippen molar-refractivity contribution in [2.45, 2.75) is 48.4 Å². The minimum absolute atomic E-state index is 0.268. The van der Waals surface area contributed by atoms with Crippen molar-refractivity contribution >= 4 is 45.0 Å². The number of alkyl halides is 1. The van der Waals surface area contributed by atoms with E-state index in [0.29, 0.717) is 42.3 Å². The van der Waals surface area contributed by atoms with Gasteiger partial charge in [0.25, 0.3) is 0 Å². The van der Waals surface area contributed by atoms with E-state index in [1.54, 1.807) is 55.6 Å². The number of nitrogens with one attached hydrogen (secondary N) is 2. The molecule has 3 unspecified atom stereocenters. The summed E-state index contributed by atoms with van der Waals surface area (Å²) in [5.41, 5.74) is 0.697. The quantitative estimate of drug-likeness (QED) is 0.262. The van der Waals surface area contributed by atoms with Crippen LogP contribution in [0, 0.1) is 11.8 Å². The summed E-state index contributed by atoms with van der Waals surface area (Å²) in [4.78, 5) is 43.9. The van der Waals surface area contributed by atoms with Crippen LogP contribution >= 0.6 is 15.9 Å². The van der Waals surface area contributed by atoms with Crippen LogP contribution in [0.4, 0.5) is 11.4 Å². The summed E-state index contributed by atoms with van der Waals surface area (Å²) in [7, 11) is 1.56. The van der Waals surface area contributed by atoms with E-state index in [2.05, 4.69) is 26.6 Å². The molecule has 6 rings (SSSR count). The molecule has 0 radical (unpaired) electrons. The fraction of sp³-hybridized carbons (Fsp3) is 0.382. The molecule has 3 aromatic rings. The molecule has 3 aliphatic rings. The molecule has 3 saturated heterocycles. The molecule has 10 nitrogen and oxygen atoms in total. The lowest BCUT2D eigenvalue weighted by atomic mass is 9.70. The maximum atomic E-state index is 14.5. The van der Waals surface area contributed by atoms with Gasteiger partial charge in [0.15, 0.2) is 0 Å². The maximum Gasteiger partial charge on any atom is 0.250 e. The highest BCUT2D eigenvalue weighted by Gasteiger charge is 2.77. The molecule has 3 heterocycles. The maximum absolute atomic E-state index is 14.5. The zero-order valence-electron chi connectivity index (χ0n) is 25.0. The number of benzene rings is 3. The first-order valence-electron chi connectivity index (χ1n) is 15.1. The minimum Gasteiger partial charge on any atom is -0.497 e. The van der Waals surface area contributed by atoms with Gasteiger partial charge in [-0.2, -0.15) is 0 Å². The Morgan fingerprint density at radius 2 is 1.62 bits per heavy atom. The molecule has 3 aliphatic heterocycles. The third-order valence-corrected chi connectivity index (χ3v) is 9.83. The first kappa shape index (κ1) is 31.1. The number of carbonyl (C=O) groups excluding carboxylic acids is 3. The van der Waals surface area contributed by atoms with Gasteiger partial charge in [-0.05, 0) is 73.9 Å². The van der Waals surface area contributed by atoms with E-state index in [0.717, 1.165) is 5.56 Å². The van der Waals surface area contributed by atoms with Gasteiger partial charge in [0.1, 0.15) is 23.1 Å². The molecule has 0 saturated carbocycles. The second kappa shape index (κ2) is 12.8. The second-order valence-corrected chi connectivity index (χ2v) is 12.8. The molecule has 0 aliphatic carbocycles. The topological polar surface area (TPSA) is 126 Å². The fourth-order valence-corrected chi connectivity index (χ4v) is 8.05. The Balaban J connectivity index is 1.35. The predicted octanol–water partition coefficient (Wildman–Crippen LogP) is 4.02. The number of methoxy groups -OCH3 is 1. The predicted molar refractivity (Wildman–Crippen MR) is 171 cm³/mol. The number of likely N-dealkylation sites (tertiary alicyclic amines) is 1. The van der Waals surface area contributed by atoms with Gasteiger partial charge in [-0.25, -0.2) is 0 Å². The van der Waals surface area contributed by atoms with E-state index >= 15 is 0 Å². The highest BCUT2D eigenvalue weighted by Crippen LogP contribution is 2.60. The van der Waals surface area contributed by atoms with Gasteiger partial charge in [0, 0.05) is 16.2 Å². The van der Waals surface area contributed by atoms with Crippen LogP contribution in [0.25, 0.3) is 0 Å². The van der Waals surface area contributed by atoms with E-state index in [-0.39, 0.29) is 23.2 Å². The third-order valence-electron chi connectivity index (χ3n) is 8.99. The molecule has 7 atom stereocenters. The number of aliphatic hydroxyl groups is 1. The number of halogens is 1. The number of hydrogen-bond donors (Lipinski definition) is 3. The van der Waals surface area contributed by atoms with Crippen LogP contribution < -0.4 is 20.1 Å². The zero-order chi connectivity index (χ0) is 31.7. The van der Waals surface area contributed by atoms with E-state index in [1.807, 2.05) is 37.3 Å². The van der Waals surface area contributed by atoms with Crippen LogP contribution in [-0.4, -0.2) is 76.7 Å². The number of aliphatic hydroxyl groups excluding tert-OH is 1. The van der Waals surface area contributed by atoms with Crippen LogP contribution in [0.15, 0.2) is 78.9 Å². The van der Waals surface area contributed by atoms with Crippen molar-refractivity contribution in [3.05, 3.63) is 84.4 Å². The van der Waals surface area contributed by atoms with Gasteiger partial charge < -0.3 is 34.9 Å². The van der Waals surface area contributed by atoms with Gasteiger partial charge in [-0.15, -0.1) is 0 Å². The molecule has 3 aromatic carbocycles. The molecule has 11 heteroatoms. The van der Waals surface area contributed by atoms with Gasteiger partial charge in [0.2, 0.25) is 17.7 Å². The van der Waals surface area contributed by atoms with Crippen molar-refractivity contribution < 1.29 is 33.7 Å². The Bertz CT molecular complexity index is 1540. The van der Waals surface area contributed by atoms with Crippen molar-refractivity contribution in [3.8, 4) is 11.5 Å². The van der Waals surface area contributed by atoms with E-state index in [1.165, 1.54) is 4.90 Å².